The summed E-state index contributed by atoms with van der Waals surface area (Å²) in [6.07, 6.45) is 0. The van der Waals surface area contributed by atoms with E-state index in [1.807, 2.05) is 51.1 Å². The first-order valence-electron chi connectivity index (χ1n) is 7.56. The van der Waals surface area contributed by atoms with Crippen molar-refractivity contribution in [3.05, 3.63) is 64.7 Å². The normalized spacial score (nSPS) is 10.3. The maximum absolute atomic E-state index is 12.3. The summed E-state index contributed by atoms with van der Waals surface area (Å²) in [6, 6.07) is 13.2. The zero-order chi connectivity index (χ0) is 17.0. The van der Waals surface area contributed by atoms with Crippen molar-refractivity contribution in [1.82, 2.24) is 4.90 Å². The molecule has 0 atom stereocenters. The predicted octanol–water partition coefficient (Wildman–Crippen LogP) is 3.32. The summed E-state index contributed by atoms with van der Waals surface area (Å²) >= 11 is 0. The Labute approximate surface area is 137 Å². The standard InChI is InChI=1S/C19H22N2O2/c1-13-6-9-16(10-7-13)19(23)21(4)12-18(22)20-17-11-14(2)5-8-15(17)3/h5-11H,12H2,1-4H3,(H,20,22). The number of aryl methyl sites for hydroxylation is 3. The molecule has 1 N–H and O–H groups in total. The van der Waals surface area contributed by atoms with E-state index >= 15 is 0 Å². The number of benzene rings is 2. The molecule has 0 aliphatic carbocycles. The van der Waals surface area contributed by atoms with E-state index in [1.165, 1.54) is 4.90 Å². The number of hydrogen-bond donors (Lipinski definition) is 1. The first-order chi connectivity index (χ1) is 10.9. The number of carbonyl (C=O) groups is 2. The molecule has 0 fully saturated rings. The minimum absolute atomic E-state index is 0.0140. The second kappa shape index (κ2) is 7.09. The summed E-state index contributed by atoms with van der Waals surface area (Å²) in [6.45, 7) is 5.90. The Morgan fingerprint density at radius 2 is 1.57 bits per heavy atom. The van der Waals surface area contributed by atoms with Crippen LogP contribution in [0.4, 0.5) is 5.69 Å². The minimum Gasteiger partial charge on any atom is -0.332 e. The zero-order valence-corrected chi connectivity index (χ0v) is 14.0. The van der Waals surface area contributed by atoms with Gasteiger partial charge in [-0.3, -0.25) is 9.59 Å². The molecule has 0 spiro atoms. The van der Waals surface area contributed by atoms with Gasteiger partial charge in [0.05, 0.1) is 6.54 Å². The molecule has 4 heteroatoms. The maximum atomic E-state index is 12.3. The van der Waals surface area contributed by atoms with Gasteiger partial charge >= 0.3 is 0 Å². The summed E-state index contributed by atoms with van der Waals surface area (Å²) < 4.78 is 0. The van der Waals surface area contributed by atoms with E-state index in [9.17, 15) is 9.59 Å². The van der Waals surface area contributed by atoms with Crippen LogP contribution < -0.4 is 5.32 Å². The molecule has 120 valence electrons. The largest absolute Gasteiger partial charge is 0.332 e. The average Bonchev–Trinajstić information content (AvgIpc) is 2.51. The van der Waals surface area contributed by atoms with Crippen LogP contribution in [-0.4, -0.2) is 30.3 Å². The number of amides is 2. The van der Waals surface area contributed by atoms with Crippen molar-refractivity contribution >= 4 is 17.5 Å². The molecule has 0 saturated heterocycles. The van der Waals surface area contributed by atoms with Crippen LogP contribution in [0.3, 0.4) is 0 Å². The fraction of sp³-hybridized carbons (Fsp3) is 0.263. The molecule has 2 amide bonds. The molecule has 0 aromatic heterocycles. The molecule has 0 heterocycles. The molecule has 2 aromatic rings. The van der Waals surface area contributed by atoms with Crippen molar-refractivity contribution in [1.29, 1.82) is 0 Å². The summed E-state index contributed by atoms with van der Waals surface area (Å²) in [7, 11) is 1.63. The van der Waals surface area contributed by atoms with Crippen LogP contribution in [0, 0.1) is 20.8 Å². The highest BCUT2D eigenvalue weighted by molar-refractivity contribution is 5.99. The Bertz CT molecular complexity index is 721. The van der Waals surface area contributed by atoms with E-state index < -0.39 is 0 Å². The fourth-order valence-corrected chi connectivity index (χ4v) is 2.26. The van der Waals surface area contributed by atoms with Gasteiger partial charge in [-0.15, -0.1) is 0 Å². The van der Waals surface area contributed by atoms with Gasteiger partial charge in [-0.2, -0.15) is 0 Å². The van der Waals surface area contributed by atoms with Crippen LogP contribution in [0.5, 0.6) is 0 Å². The van der Waals surface area contributed by atoms with Crippen molar-refractivity contribution in [2.24, 2.45) is 0 Å². The summed E-state index contributed by atoms with van der Waals surface area (Å²) in [5.41, 5.74) is 4.53. The molecule has 2 rings (SSSR count). The number of hydrogen-bond acceptors (Lipinski definition) is 2. The lowest BCUT2D eigenvalue weighted by Gasteiger charge is -2.17. The van der Waals surface area contributed by atoms with E-state index in [1.54, 1.807) is 19.2 Å². The third kappa shape index (κ3) is 4.42. The molecule has 0 unspecified atom stereocenters. The fourth-order valence-electron chi connectivity index (χ4n) is 2.26. The maximum Gasteiger partial charge on any atom is 0.254 e. The Morgan fingerprint density at radius 3 is 2.22 bits per heavy atom. The van der Waals surface area contributed by atoms with Gasteiger partial charge in [-0.1, -0.05) is 29.8 Å². The lowest BCUT2D eigenvalue weighted by atomic mass is 10.1. The molecule has 0 radical (unpaired) electrons. The van der Waals surface area contributed by atoms with Crippen molar-refractivity contribution < 1.29 is 9.59 Å². The minimum atomic E-state index is -0.207. The number of anilines is 1. The van der Waals surface area contributed by atoms with Crippen molar-refractivity contribution in [2.75, 3.05) is 18.9 Å². The third-order valence-corrected chi connectivity index (χ3v) is 3.69. The van der Waals surface area contributed by atoms with E-state index in [2.05, 4.69) is 5.32 Å². The van der Waals surface area contributed by atoms with Gasteiger partial charge in [-0.25, -0.2) is 0 Å². The molecular weight excluding hydrogens is 288 g/mol. The second-order valence-electron chi connectivity index (χ2n) is 5.89. The molecule has 0 saturated carbocycles. The molecule has 23 heavy (non-hydrogen) atoms. The molecule has 0 bridgehead atoms. The van der Waals surface area contributed by atoms with E-state index in [-0.39, 0.29) is 18.4 Å². The highest BCUT2D eigenvalue weighted by Crippen LogP contribution is 2.16. The molecular formula is C19H22N2O2. The van der Waals surface area contributed by atoms with E-state index in [4.69, 9.17) is 0 Å². The average molecular weight is 310 g/mol. The number of nitrogens with one attached hydrogen (secondary N) is 1. The lowest BCUT2D eigenvalue weighted by molar-refractivity contribution is -0.116. The van der Waals surface area contributed by atoms with Gasteiger partial charge < -0.3 is 10.2 Å². The van der Waals surface area contributed by atoms with Crippen LogP contribution in [0.1, 0.15) is 27.0 Å². The van der Waals surface area contributed by atoms with Crippen LogP contribution in [0.25, 0.3) is 0 Å². The quantitative estimate of drug-likeness (QED) is 0.941. The summed E-state index contributed by atoms with van der Waals surface area (Å²) in [5, 5.41) is 2.86. The third-order valence-electron chi connectivity index (χ3n) is 3.69. The lowest BCUT2D eigenvalue weighted by Crippen LogP contribution is -2.35. The number of likely N-dealkylation sites (N-methyl/N-ethyl adjacent to an activating group) is 1. The highest BCUT2D eigenvalue weighted by atomic mass is 16.2. The zero-order valence-electron chi connectivity index (χ0n) is 14.0. The Kier molecular flexibility index (Phi) is 5.16. The monoisotopic (exact) mass is 310 g/mol. The smallest absolute Gasteiger partial charge is 0.254 e. The van der Waals surface area contributed by atoms with Gasteiger partial charge in [0.1, 0.15) is 0 Å². The van der Waals surface area contributed by atoms with Gasteiger partial charge in [-0.05, 0) is 50.1 Å². The van der Waals surface area contributed by atoms with Crippen molar-refractivity contribution in [2.45, 2.75) is 20.8 Å². The van der Waals surface area contributed by atoms with Crippen LogP contribution >= 0.6 is 0 Å². The number of rotatable bonds is 4. The van der Waals surface area contributed by atoms with Crippen LogP contribution in [0.2, 0.25) is 0 Å². The highest BCUT2D eigenvalue weighted by Gasteiger charge is 2.15. The number of nitrogens with zero attached hydrogens (tertiary/aromatic N) is 1. The predicted molar refractivity (Wildman–Crippen MR) is 92.7 cm³/mol. The Hall–Kier alpha value is -2.62. The van der Waals surface area contributed by atoms with Gasteiger partial charge in [0.2, 0.25) is 5.91 Å². The first kappa shape index (κ1) is 16.7. The number of carbonyl (C=O) groups excluding carboxylic acids is 2. The van der Waals surface area contributed by atoms with Crippen LogP contribution in [0.15, 0.2) is 42.5 Å². The SMILES string of the molecule is Cc1ccc(C(=O)N(C)CC(=O)Nc2cc(C)ccc2C)cc1. The Balaban J connectivity index is 2.00. The van der Waals surface area contributed by atoms with Gasteiger partial charge in [0.15, 0.2) is 0 Å². The second-order valence-corrected chi connectivity index (χ2v) is 5.89. The first-order valence-corrected chi connectivity index (χ1v) is 7.56. The summed E-state index contributed by atoms with van der Waals surface area (Å²) in [4.78, 5) is 25.9. The van der Waals surface area contributed by atoms with E-state index in [0.29, 0.717) is 5.56 Å². The molecule has 0 aliphatic rings. The van der Waals surface area contributed by atoms with Gasteiger partial charge in [0.25, 0.3) is 5.91 Å². The Morgan fingerprint density at radius 1 is 0.957 bits per heavy atom. The van der Waals surface area contributed by atoms with Gasteiger partial charge in [0, 0.05) is 18.3 Å². The summed E-state index contributed by atoms with van der Waals surface area (Å²) in [5.74, 6) is -0.372. The van der Waals surface area contributed by atoms with Crippen molar-refractivity contribution in [3.8, 4) is 0 Å². The van der Waals surface area contributed by atoms with Crippen LogP contribution in [-0.2, 0) is 4.79 Å². The topological polar surface area (TPSA) is 49.4 Å². The van der Waals surface area contributed by atoms with Crippen molar-refractivity contribution in [3.63, 3.8) is 0 Å². The van der Waals surface area contributed by atoms with E-state index in [0.717, 1.165) is 22.4 Å². The molecule has 0 aliphatic heterocycles. The molecule has 4 nitrogen and oxygen atoms in total. The molecule has 2 aromatic carbocycles.